The van der Waals surface area contributed by atoms with E-state index in [1.165, 1.54) is 0 Å². The number of amides is 1. The van der Waals surface area contributed by atoms with Crippen LogP contribution in [0.4, 0.5) is 0 Å². The van der Waals surface area contributed by atoms with E-state index in [0.29, 0.717) is 12.2 Å². The molecule has 3 rings (SSSR count). The molecule has 150 valence electrons. The maximum atomic E-state index is 12.3. The van der Waals surface area contributed by atoms with Crippen molar-refractivity contribution in [2.75, 3.05) is 6.61 Å². The van der Waals surface area contributed by atoms with Gasteiger partial charge in [-0.2, -0.15) is 5.10 Å². The van der Waals surface area contributed by atoms with E-state index in [9.17, 15) is 4.79 Å². The lowest BCUT2D eigenvalue weighted by atomic mass is 10.2. The van der Waals surface area contributed by atoms with Gasteiger partial charge >= 0.3 is 0 Å². The summed E-state index contributed by atoms with van der Waals surface area (Å²) in [7, 11) is 0. The van der Waals surface area contributed by atoms with E-state index in [0.717, 1.165) is 39.3 Å². The molecule has 0 bridgehead atoms. The largest absolute Gasteiger partial charge is 0.494 e. The van der Waals surface area contributed by atoms with Gasteiger partial charge in [-0.1, -0.05) is 28.9 Å². The van der Waals surface area contributed by atoms with Crippen molar-refractivity contribution in [1.82, 2.24) is 9.99 Å². The minimum atomic E-state index is -0.260. The number of nitrogens with one attached hydrogen (secondary N) is 1. The van der Waals surface area contributed by atoms with Gasteiger partial charge in [-0.25, -0.2) is 5.43 Å². The van der Waals surface area contributed by atoms with Gasteiger partial charge in [0.25, 0.3) is 5.91 Å². The highest BCUT2D eigenvalue weighted by Crippen LogP contribution is 2.22. The minimum Gasteiger partial charge on any atom is -0.494 e. The topological polar surface area (TPSA) is 55.6 Å². The van der Waals surface area contributed by atoms with Crippen molar-refractivity contribution in [3.63, 3.8) is 0 Å². The van der Waals surface area contributed by atoms with Crippen molar-refractivity contribution in [3.05, 3.63) is 81.6 Å². The monoisotopic (exact) mass is 453 g/mol. The third kappa shape index (κ3) is 5.15. The zero-order valence-electron chi connectivity index (χ0n) is 16.8. The fraction of sp³-hybridized carbons (Fsp3) is 0.217. The third-order valence-electron chi connectivity index (χ3n) is 4.50. The summed E-state index contributed by atoms with van der Waals surface area (Å²) in [5.41, 5.74) is 7.29. The van der Waals surface area contributed by atoms with Crippen LogP contribution < -0.4 is 10.2 Å². The number of hydrogen-bond acceptors (Lipinski definition) is 3. The van der Waals surface area contributed by atoms with Crippen molar-refractivity contribution in [3.8, 4) is 11.4 Å². The quantitative estimate of drug-likeness (QED) is 0.384. The maximum absolute atomic E-state index is 12.3. The normalized spacial score (nSPS) is 11.0. The van der Waals surface area contributed by atoms with Crippen LogP contribution in [-0.2, 0) is 0 Å². The van der Waals surface area contributed by atoms with Crippen molar-refractivity contribution in [2.45, 2.75) is 27.2 Å². The summed E-state index contributed by atoms with van der Waals surface area (Å²) in [4.78, 5) is 12.3. The summed E-state index contributed by atoms with van der Waals surface area (Å²) in [5.74, 6) is 0.496. The van der Waals surface area contributed by atoms with E-state index >= 15 is 0 Å². The highest BCUT2D eigenvalue weighted by atomic mass is 79.9. The molecule has 0 radical (unpaired) electrons. The lowest BCUT2D eigenvalue weighted by molar-refractivity contribution is 0.0955. The molecule has 29 heavy (non-hydrogen) atoms. The van der Waals surface area contributed by atoms with E-state index in [-0.39, 0.29) is 5.91 Å². The summed E-state index contributed by atoms with van der Waals surface area (Å²) < 4.78 is 8.71. The lowest BCUT2D eigenvalue weighted by Gasteiger charge is -2.09. The molecule has 0 fully saturated rings. The molecule has 0 saturated carbocycles. The van der Waals surface area contributed by atoms with Gasteiger partial charge in [-0.3, -0.25) is 4.79 Å². The number of nitrogens with zero attached hydrogens (tertiary/aromatic N) is 2. The van der Waals surface area contributed by atoms with Gasteiger partial charge in [0, 0.05) is 32.7 Å². The zero-order valence-corrected chi connectivity index (χ0v) is 18.4. The van der Waals surface area contributed by atoms with Gasteiger partial charge in [0.15, 0.2) is 0 Å². The number of benzene rings is 2. The number of rotatable bonds is 7. The number of carbonyl (C=O) groups is 1. The van der Waals surface area contributed by atoms with E-state index < -0.39 is 0 Å². The molecule has 5 nitrogen and oxygen atoms in total. The zero-order chi connectivity index (χ0) is 20.8. The summed E-state index contributed by atoms with van der Waals surface area (Å²) >= 11 is 3.52. The Morgan fingerprint density at radius 3 is 2.62 bits per heavy atom. The van der Waals surface area contributed by atoms with Crippen molar-refractivity contribution in [1.29, 1.82) is 0 Å². The van der Waals surface area contributed by atoms with E-state index in [1.807, 2.05) is 32.0 Å². The second-order valence-corrected chi connectivity index (χ2v) is 7.63. The fourth-order valence-corrected chi connectivity index (χ4v) is 3.47. The SMILES string of the molecule is CCCOc1ccc(C(=O)N/N=C/c2cc(C)n(-c3cccc(Br)c3)c2C)cc1. The molecule has 6 heteroatoms. The predicted molar refractivity (Wildman–Crippen MR) is 120 cm³/mol. The van der Waals surface area contributed by atoms with Gasteiger partial charge < -0.3 is 9.30 Å². The molecule has 0 unspecified atom stereocenters. The molecule has 0 aliphatic carbocycles. The van der Waals surface area contributed by atoms with Gasteiger partial charge in [-0.05, 0) is 68.8 Å². The number of aryl methyl sites for hydroxylation is 1. The van der Waals surface area contributed by atoms with Gasteiger partial charge in [-0.15, -0.1) is 0 Å². The van der Waals surface area contributed by atoms with Crippen molar-refractivity contribution in [2.24, 2.45) is 5.10 Å². The lowest BCUT2D eigenvalue weighted by Crippen LogP contribution is -2.17. The van der Waals surface area contributed by atoms with Crippen molar-refractivity contribution < 1.29 is 9.53 Å². The van der Waals surface area contributed by atoms with E-state index in [4.69, 9.17) is 4.74 Å². The molecule has 1 heterocycles. The Bertz CT molecular complexity index is 1020. The standard InChI is InChI=1S/C23H24BrN3O2/c1-4-12-29-22-10-8-18(9-11-22)23(28)26-25-15-19-13-16(2)27(17(19)3)21-7-5-6-20(24)14-21/h5-11,13-15H,4,12H2,1-3H3,(H,26,28)/b25-15+. The second kappa shape index (κ2) is 9.56. The Balaban J connectivity index is 1.69. The minimum absolute atomic E-state index is 0.260. The third-order valence-corrected chi connectivity index (χ3v) is 4.99. The Hall–Kier alpha value is -2.86. The molecule has 0 saturated heterocycles. The molecule has 0 aliphatic heterocycles. The average Bonchev–Trinajstić information content (AvgIpc) is 3.00. The number of hydrogen-bond donors (Lipinski definition) is 1. The number of carbonyl (C=O) groups excluding carboxylic acids is 1. The van der Waals surface area contributed by atoms with Gasteiger partial charge in [0.2, 0.25) is 0 Å². The van der Waals surface area contributed by atoms with Gasteiger partial charge in [0.05, 0.1) is 12.8 Å². The molecular weight excluding hydrogens is 430 g/mol. The number of hydrazone groups is 1. The summed E-state index contributed by atoms with van der Waals surface area (Å²) in [6.45, 7) is 6.79. The average molecular weight is 454 g/mol. The van der Waals surface area contributed by atoms with Crippen LogP contribution in [0, 0.1) is 13.8 Å². The molecular formula is C23H24BrN3O2. The van der Waals surface area contributed by atoms with E-state index in [2.05, 4.69) is 50.1 Å². The van der Waals surface area contributed by atoms with Crippen LogP contribution in [0.3, 0.4) is 0 Å². The summed E-state index contributed by atoms with van der Waals surface area (Å²) in [5, 5.41) is 4.14. The maximum Gasteiger partial charge on any atom is 0.271 e. The highest BCUT2D eigenvalue weighted by molar-refractivity contribution is 9.10. The Kier molecular flexibility index (Phi) is 6.88. The number of ether oxygens (including phenoxy) is 1. The molecule has 0 spiro atoms. The van der Waals surface area contributed by atoms with Gasteiger partial charge in [0.1, 0.15) is 5.75 Å². The molecule has 3 aromatic rings. The van der Waals surface area contributed by atoms with Crippen LogP contribution in [-0.4, -0.2) is 23.3 Å². The predicted octanol–water partition coefficient (Wildman–Crippen LogP) is 5.41. The molecule has 0 atom stereocenters. The van der Waals surface area contributed by atoms with E-state index in [1.54, 1.807) is 30.5 Å². The number of aromatic nitrogens is 1. The first-order valence-corrected chi connectivity index (χ1v) is 10.3. The first-order chi connectivity index (χ1) is 14.0. The van der Waals surface area contributed by atoms with Crippen LogP contribution in [0.2, 0.25) is 0 Å². The fourth-order valence-electron chi connectivity index (χ4n) is 3.08. The molecule has 2 aromatic carbocycles. The van der Waals surface area contributed by atoms with Crippen LogP contribution in [0.5, 0.6) is 5.75 Å². The van der Waals surface area contributed by atoms with Crippen LogP contribution in [0.1, 0.15) is 40.7 Å². The smallest absolute Gasteiger partial charge is 0.271 e. The van der Waals surface area contributed by atoms with Crippen LogP contribution >= 0.6 is 15.9 Å². The Morgan fingerprint density at radius 1 is 1.17 bits per heavy atom. The Morgan fingerprint density at radius 2 is 1.93 bits per heavy atom. The molecule has 1 N–H and O–H groups in total. The van der Waals surface area contributed by atoms with Crippen LogP contribution in [0.25, 0.3) is 5.69 Å². The first-order valence-electron chi connectivity index (χ1n) is 9.50. The second-order valence-electron chi connectivity index (χ2n) is 6.71. The molecule has 1 amide bonds. The summed E-state index contributed by atoms with van der Waals surface area (Å²) in [6, 6.07) is 17.2. The van der Waals surface area contributed by atoms with Crippen LogP contribution in [0.15, 0.2) is 64.2 Å². The molecule has 0 aliphatic rings. The molecule has 1 aromatic heterocycles. The number of halogens is 1. The Labute approximate surface area is 179 Å². The first kappa shape index (κ1) is 20.9. The highest BCUT2D eigenvalue weighted by Gasteiger charge is 2.10. The summed E-state index contributed by atoms with van der Waals surface area (Å²) in [6.07, 6.45) is 2.62. The van der Waals surface area contributed by atoms with Crippen molar-refractivity contribution >= 4 is 28.1 Å².